The van der Waals surface area contributed by atoms with Gasteiger partial charge in [0.15, 0.2) is 0 Å². The van der Waals surface area contributed by atoms with Crippen molar-refractivity contribution in [3.05, 3.63) is 24.3 Å². The Morgan fingerprint density at radius 3 is 1.23 bits per heavy atom. The molecule has 22 heavy (non-hydrogen) atoms. The fourth-order valence-corrected chi connectivity index (χ4v) is 3.77. The maximum absolute atomic E-state index is 11.1. The van der Waals surface area contributed by atoms with E-state index in [1.807, 2.05) is 0 Å². The molecule has 0 aliphatic carbocycles. The molecule has 0 saturated heterocycles. The minimum absolute atomic E-state index is 0. The van der Waals surface area contributed by atoms with Crippen LogP contribution in [0.3, 0.4) is 0 Å². The van der Waals surface area contributed by atoms with E-state index >= 15 is 0 Å². The topological polar surface area (TPSA) is 155 Å². The molecule has 12 heteroatoms. The molecule has 2 N–H and O–H groups in total. The van der Waals surface area contributed by atoms with E-state index in [0.29, 0.717) is 0 Å². The van der Waals surface area contributed by atoms with Gasteiger partial charge in [-0.25, -0.2) is 16.8 Å². The minimum Gasteiger partial charge on any atom is -0.744 e. The van der Waals surface area contributed by atoms with Crippen molar-refractivity contribution >= 4 is 31.0 Å². The maximum Gasteiger partial charge on any atom is 1.00 e. The van der Waals surface area contributed by atoms with Crippen LogP contribution in [-0.2, 0) is 20.2 Å². The Morgan fingerprint density at radius 2 is 1.00 bits per heavy atom. The number of benzene rings is 2. The minimum atomic E-state index is -5.50. The van der Waals surface area contributed by atoms with Gasteiger partial charge >= 0.3 is 103 Å². The molecule has 0 spiro atoms. The molecule has 2 rings (SSSR count). The zero-order chi connectivity index (χ0) is 15.3. The van der Waals surface area contributed by atoms with Crippen LogP contribution in [0.2, 0.25) is 0 Å². The van der Waals surface area contributed by atoms with Crippen LogP contribution in [0.4, 0.5) is 0 Å². The predicted octanol–water partition coefficient (Wildman–Crippen LogP) is -5.93. The number of phenolic OH excluding ortho intramolecular Hbond substituents is 2. The molecule has 108 valence electrons. The van der Waals surface area contributed by atoms with Gasteiger partial charge in [0.1, 0.15) is 41.5 Å². The zero-order valence-electron chi connectivity index (χ0n) is 11.5. The Morgan fingerprint density at radius 1 is 0.727 bits per heavy atom. The van der Waals surface area contributed by atoms with E-state index in [0.717, 1.165) is 12.1 Å². The van der Waals surface area contributed by atoms with Crippen molar-refractivity contribution in [2.45, 2.75) is 9.79 Å². The summed E-state index contributed by atoms with van der Waals surface area (Å²) >= 11 is 0. The summed E-state index contributed by atoms with van der Waals surface area (Å²) in [5, 5.41) is 19.0. The molecule has 0 saturated carbocycles. The van der Waals surface area contributed by atoms with Gasteiger partial charge in [0, 0.05) is 10.8 Å². The maximum atomic E-state index is 11.1. The van der Waals surface area contributed by atoms with Gasteiger partial charge in [-0.3, -0.25) is 0 Å². The fraction of sp³-hybridized carbons (Fsp3) is 0. The summed E-state index contributed by atoms with van der Waals surface area (Å²) in [6, 6.07) is 5.02. The van der Waals surface area contributed by atoms with Crippen LogP contribution in [0.5, 0.6) is 11.5 Å². The van der Waals surface area contributed by atoms with Gasteiger partial charge in [0.2, 0.25) is 0 Å². The Hall–Kier alpha value is 1.39. The summed E-state index contributed by atoms with van der Waals surface area (Å²) in [4.78, 5) is -3.30. The molecule has 0 radical (unpaired) electrons. The number of fused-ring (bicyclic) bond motifs is 1. The zero-order valence-corrected chi connectivity index (χ0v) is 19.3. The molecule has 0 unspecified atom stereocenters. The van der Waals surface area contributed by atoms with Gasteiger partial charge in [-0.05, 0) is 0 Å². The largest absolute Gasteiger partial charge is 1.00 e. The third kappa shape index (κ3) is 4.51. The Balaban J connectivity index is 0.00000220. The van der Waals surface area contributed by atoms with Crippen LogP contribution < -0.4 is 103 Å². The van der Waals surface area contributed by atoms with Crippen LogP contribution in [0.1, 0.15) is 0 Å². The van der Waals surface area contributed by atoms with Gasteiger partial charge in [-0.15, -0.1) is 0 Å². The van der Waals surface area contributed by atoms with Crippen LogP contribution >= 0.6 is 0 Å². The van der Waals surface area contributed by atoms with Crippen molar-refractivity contribution in [3.8, 4) is 11.5 Å². The predicted molar refractivity (Wildman–Crippen MR) is 63.2 cm³/mol. The first-order chi connectivity index (χ1) is 9.05. The summed E-state index contributed by atoms with van der Waals surface area (Å²) in [6.45, 7) is 0. The van der Waals surface area contributed by atoms with Crippen LogP contribution in [0, 0.1) is 0 Å². The van der Waals surface area contributed by atoms with E-state index in [-0.39, 0.29) is 114 Å². The molecule has 0 bridgehead atoms. The summed E-state index contributed by atoms with van der Waals surface area (Å²) in [7, 11) is -11.0. The number of phenols is 2. The average molecular weight is 396 g/mol. The Labute approximate surface area is 211 Å². The summed E-state index contributed by atoms with van der Waals surface area (Å²) in [5.74, 6) is -2.38. The standard InChI is InChI=1S/C10H8O8S2.2K/c11-7-5-3-1-2-4-6(5)8(12)10(20(16,17)18)9(7)19(13,14)15;;/h1-4,11-12H,(H,13,14,15)(H,16,17,18);;/q;2*+1/p-2. The molecule has 0 heterocycles. The van der Waals surface area contributed by atoms with E-state index in [2.05, 4.69) is 0 Å². The molecule has 8 nitrogen and oxygen atoms in total. The van der Waals surface area contributed by atoms with Crippen molar-refractivity contribution in [3.63, 3.8) is 0 Å². The number of hydrogen-bond donors (Lipinski definition) is 2. The third-order valence-electron chi connectivity index (χ3n) is 2.57. The quantitative estimate of drug-likeness (QED) is 0.289. The van der Waals surface area contributed by atoms with E-state index < -0.39 is 41.5 Å². The number of aromatic hydroxyl groups is 2. The molecule has 2 aromatic carbocycles. The molecular weight excluding hydrogens is 390 g/mol. The van der Waals surface area contributed by atoms with Crippen LogP contribution in [0.15, 0.2) is 34.1 Å². The van der Waals surface area contributed by atoms with E-state index in [4.69, 9.17) is 0 Å². The van der Waals surface area contributed by atoms with Crippen LogP contribution in [0.25, 0.3) is 10.8 Å². The molecule has 0 aliphatic heterocycles. The number of rotatable bonds is 2. The summed E-state index contributed by atoms with van der Waals surface area (Å²) in [6.07, 6.45) is 0. The SMILES string of the molecule is O=S(=O)([O-])c1c(S(=O)(=O)[O-])c(O)c2ccccc2c1O.[K+].[K+]. The van der Waals surface area contributed by atoms with Crippen molar-refractivity contribution in [2.24, 2.45) is 0 Å². The van der Waals surface area contributed by atoms with Gasteiger partial charge in [0.25, 0.3) is 0 Å². The average Bonchev–Trinajstić information content (AvgIpc) is 2.30. The van der Waals surface area contributed by atoms with E-state index in [1.54, 1.807) is 0 Å². The number of hydrogen-bond acceptors (Lipinski definition) is 8. The molecular formula is C10H6K2O8S2. The van der Waals surface area contributed by atoms with Crippen molar-refractivity contribution in [1.29, 1.82) is 0 Å². The first-order valence-electron chi connectivity index (χ1n) is 4.93. The second kappa shape index (κ2) is 8.18. The smallest absolute Gasteiger partial charge is 0.744 e. The Bertz CT molecular complexity index is 845. The normalized spacial score (nSPS) is 11.5. The second-order valence-corrected chi connectivity index (χ2v) is 6.44. The van der Waals surface area contributed by atoms with Crippen molar-refractivity contribution in [1.82, 2.24) is 0 Å². The summed E-state index contributed by atoms with van der Waals surface area (Å²) in [5.41, 5.74) is 0. The summed E-state index contributed by atoms with van der Waals surface area (Å²) < 4.78 is 66.5. The molecule has 2 aromatic rings. The first-order valence-corrected chi connectivity index (χ1v) is 7.75. The second-order valence-electron chi connectivity index (χ2n) is 3.81. The molecule has 0 aromatic heterocycles. The first kappa shape index (κ1) is 23.4. The molecule has 0 atom stereocenters. The van der Waals surface area contributed by atoms with Crippen LogP contribution in [-0.4, -0.2) is 36.2 Å². The third-order valence-corrected chi connectivity index (χ3v) is 4.50. The van der Waals surface area contributed by atoms with E-state index in [9.17, 15) is 36.2 Å². The van der Waals surface area contributed by atoms with Crippen molar-refractivity contribution < 1.29 is 139 Å². The Kier molecular flexibility index (Phi) is 8.70. The van der Waals surface area contributed by atoms with Gasteiger partial charge in [0.05, 0.1) is 0 Å². The molecule has 0 amide bonds. The molecule has 0 fully saturated rings. The fourth-order valence-electron chi connectivity index (χ4n) is 1.82. The van der Waals surface area contributed by atoms with Gasteiger partial charge < -0.3 is 19.3 Å². The van der Waals surface area contributed by atoms with Gasteiger partial charge in [-0.1, -0.05) is 24.3 Å². The molecule has 0 aliphatic rings. The van der Waals surface area contributed by atoms with E-state index in [1.165, 1.54) is 12.1 Å². The monoisotopic (exact) mass is 396 g/mol. The van der Waals surface area contributed by atoms with Crippen molar-refractivity contribution in [2.75, 3.05) is 0 Å². The van der Waals surface area contributed by atoms with Gasteiger partial charge in [-0.2, -0.15) is 0 Å².